The van der Waals surface area contributed by atoms with Crippen LogP contribution < -0.4 is 10.6 Å². The molecular weight excluding hydrogens is 292 g/mol. The number of carbonyl (C=O) groups excluding carboxylic acids is 2. The van der Waals surface area contributed by atoms with Crippen molar-refractivity contribution in [3.63, 3.8) is 0 Å². The summed E-state index contributed by atoms with van der Waals surface area (Å²) in [7, 11) is 0. The fraction of sp³-hybridized carbons (Fsp3) is 0.222. The minimum absolute atomic E-state index is 0.0428. The molecule has 0 saturated heterocycles. The lowest BCUT2D eigenvalue weighted by Crippen LogP contribution is -2.38. The van der Waals surface area contributed by atoms with Crippen molar-refractivity contribution in [2.24, 2.45) is 0 Å². The first kappa shape index (κ1) is 16.5. The second-order valence-corrected chi connectivity index (χ2v) is 5.52. The van der Waals surface area contributed by atoms with E-state index in [9.17, 15) is 9.59 Å². The first-order chi connectivity index (χ1) is 11.0. The molecule has 5 heteroatoms. The minimum Gasteiger partial charge on any atom is -0.465 e. The number of furan rings is 1. The van der Waals surface area contributed by atoms with Crippen LogP contribution in [-0.4, -0.2) is 17.9 Å². The van der Waals surface area contributed by atoms with Crippen LogP contribution in [0.4, 0.5) is 0 Å². The second kappa shape index (κ2) is 7.45. The first-order valence-corrected chi connectivity index (χ1v) is 7.40. The van der Waals surface area contributed by atoms with E-state index in [1.54, 1.807) is 24.3 Å². The van der Waals surface area contributed by atoms with E-state index in [2.05, 4.69) is 10.6 Å². The van der Waals surface area contributed by atoms with Crippen molar-refractivity contribution in [3.8, 4) is 0 Å². The van der Waals surface area contributed by atoms with Gasteiger partial charge in [0.25, 0.3) is 11.8 Å². The van der Waals surface area contributed by atoms with Gasteiger partial charge in [0, 0.05) is 17.7 Å². The highest BCUT2D eigenvalue weighted by Gasteiger charge is 2.15. The summed E-state index contributed by atoms with van der Waals surface area (Å²) in [5.41, 5.74) is 1.68. The molecule has 1 aromatic carbocycles. The van der Waals surface area contributed by atoms with Gasteiger partial charge in [-0.1, -0.05) is 17.7 Å². The van der Waals surface area contributed by atoms with Crippen LogP contribution in [0.25, 0.3) is 6.08 Å². The zero-order chi connectivity index (χ0) is 16.8. The van der Waals surface area contributed by atoms with Crippen LogP contribution >= 0.6 is 0 Å². The molecule has 0 aliphatic carbocycles. The van der Waals surface area contributed by atoms with Crippen molar-refractivity contribution in [2.45, 2.75) is 26.8 Å². The molecule has 0 spiro atoms. The average Bonchev–Trinajstić information content (AvgIpc) is 2.99. The van der Waals surface area contributed by atoms with Crippen LogP contribution in [0.1, 0.15) is 35.5 Å². The van der Waals surface area contributed by atoms with Crippen LogP contribution in [-0.2, 0) is 4.79 Å². The largest absolute Gasteiger partial charge is 0.465 e. The van der Waals surface area contributed by atoms with Crippen molar-refractivity contribution in [1.82, 2.24) is 10.6 Å². The molecule has 0 atom stereocenters. The van der Waals surface area contributed by atoms with Gasteiger partial charge in [-0.15, -0.1) is 0 Å². The standard InChI is InChI=1S/C18H20N2O3/c1-12(2)19-18(22)16(11-15-5-4-10-23-15)20-17(21)14-8-6-13(3)7-9-14/h4-12H,1-3H3,(H,19,22)(H,20,21). The van der Waals surface area contributed by atoms with E-state index in [0.717, 1.165) is 5.56 Å². The minimum atomic E-state index is -0.364. The molecule has 120 valence electrons. The average molecular weight is 312 g/mol. The highest BCUT2D eigenvalue weighted by Crippen LogP contribution is 2.09. The third-order valence-electron chi connectivity index (χ3n) is 3.06. The summed E-state index contributed by atoms with van der Waals surface area (Å²) in [6.45, 7) is 5.65. The number of amides is 2. The Balaban J connectivity index is 2.21. The van der Waals surface area contributed by atoms with Gasteiger partial charge in [0.15, 0.2) is 0 Å². The maximum Gasteiger partial charge on any atom is 0.268 e. The number of hydrogen-bond donors (Lipinski definition) is 2. The normalized spacial score (nSPS) is 11.4. The van der Waals surface area contributed by atoms with E-state index in [4.69, 9.17) is 4.42 Å². The SMILES string of the molecule is Cc1ccc(C(=O)NC(=Cc2ccco2)C(=O)NC(C)C)cc1. The summed E-state index contributed by atoms with van der Waals surface area (Å²) in [6.07, 6.45) is 3.01. The van der Waals surface area contributed by atoms with Crippen molar-refractivity contribution < 1.29 is 14.0 Å². The van der Waals surface area contributed by atoms with Gasteiger partial charge in [0.05, 0.1) is 6.26 Å². The molecule has 2 N–H and O–H groups in total. The summed E-state index contributed by atoms with van der Waals surface area (Å²) in [4.78, 5) is 24.6. The van der Waals surface area contributed by atoms with E-state index >= 15 is 0 Å². The Kier molecular flexibility index (Phi) is 5.36. The van der Waals surface area contributed by atoms with Crippen LogP contribution in [0, 0.1) is 6.92 Å². The quantitative estimate of drug-likeness (QED) is 0.834. The molecule has 0 aliphatic heterocycles. The summed E-state index contributed by atoms with van der Waals surface area (Å²) >= 11 is 0. The lowest BCUT2D eigenvalue weighted by Gasteiger charge is -2.12. The molecule has 0 unspecified atom stereocenters. The molecule has 1 heterocycles. The Bertz CT molecular complexity index is 698. The third kappa shape index (κ3) is 4.85. The number of benzene rings is 1. The van der Waals surface area contributed by atoms with Gasteiger partial charge in [-0.3, -0.25) is 9.59 Å². The van der Waals surface area contributed by atoms with E-state index in [1.165, 1.54) is 12.3 Å². The zero-order valence-electron chi connectivity index (χ0n) is 13.4. The van der Waals surface area contributed by atoms with E-state index in [0.29, 0.717) is 11.3 Å². The molecule has 0 radical (unpaired) electrons. The number of rotatable bonds is 5. The molecule has 0 fully saturated rings. The lowest BCUT2D eigenvalue weighted by atomic mass is 10.1. The van der Waals surface area contributed by atoms with Gasteiger partial charge >= 0.3 is 0 Å². The molecule has 5 nitrogen and oxygen atoms in total. The summed E-state index contributed by atoms with van der Waals surface area (Å²) in [6, 6.07) is 10.5. The van der Waals surface area contributed by atoms with Gasteiger partial charge in [-0.2, -0.15) is 0 Å². The Morgan fingerprint density at radius 1 is 1.13 bits per heavy atom. The van der Waals surface area contributed by atoms with Gasteiger partial charge in [0.1, 0.15) is 11.5 Å². The fourth-order valence-electron chi connectivity index (χ4n) is 1.91. The van der Waals surface area contributed by atoms with Gasteiger partial charge in [-0.05, 0) is 45.0 Å². The smallest absolute Gasteiger partial charge is 0.268 e. The van der Waals surface area contributed by atoms with Crippen molar-refractivity contribution in [1.29, 1.82) is 0 Å². The number of aryl methyl sites for hydroxylation is 1. The van der Waals surface area contributed by atoms with Gasteiger partial charge in [-0.25, -0.2) is 0 Å². The second-order valence-electron chi connectivity index (χ2n) is 5.52. The van der Waals surface area contributed by atoms with Crippen LogP contribution in [0.15, 0.2) is 52.8 Å². The van der Waals surface area contributed by atoms with Crippen LogP contribution in [0.5, 0.6) is 0 Å². The van der Waals surface area contributed by atoms with Crippen molar-refractivity contribution in [3.05, 3.63) is 65.2 Å². The summed E-state index contributed by atoms with van der Waals surface area (Å²) in [5.74, 6) is -0.221. The molecule has 2 rings (SSSR count). The van der Waals surface area contributed by atoms with E-state index < -0.39 is 0 Å². The Labute approximate surface area is 135 Å². The van der Waals surface area contributed by atoms with Gasteiger partial charge < -0.3 is 15.1 Å². The maximum atomic E-state index is 12.3. The molecule has 2 amide bonds. The lowest BCUT2D eigenvalue weighted by molar-refractivity contribution is -0.118. The Morgan fingerprint density at radius 2 is 1.83 bits per heavy atom. The molecule has 2 aromatic rings. The van der Waals surface area contributed by atoms with Crippen LogP contribution in [0.3, 0.4) is 0 Å². The van der Waals surface area contributed by atoms with E-state index in [-0.39, 0.29) is 23.6 Å². The summed E-state index contributed by atoms with van der Waals surface area (Å²) in [5, 5.41) is 5.40. The molecular formula is C18H20N2O3. The first-order valence-electron chi connectivity index (χ1n) is 7.40. The number of carbonyl (C=O) groups is 2. The molecule has 0 bridgehead atoms. The monoisotopic (exact) mass is 312 g/mol. The van der Waals surface area contributed by atoms with Crippen LogP contribution in [0.2, 0.25) is 0 Å². The van der Waals surface area contributed by atoms with Gasteiger partial charge in [0.2, 0.25) is 0 Å². The molecule has 23 heavy (non-hydrogen) atoms. The molecule has 0 saturated carbocycles. The number of nitrogens with one attached hydrogen (secondary N) is 2. The van der Waals surface area contributed by atoms with Crippen molar-refractivity contribution in [2.75, 3.05) is 0 Å². The topological polar surface area (TPSA) is 71.3 Å². The molecule has 0 aliphatic rings. The zero-order valence-corrected chi connectivity index (χ0v) is 13.4. The predicted molar refractivity (Wildman–Crippen MR) is 88.6 cm³/mol. The Hall–Kier alpha value is -2.82. The maximum absolute atomic E-state index is 12.3. The highest BCUT2D eigenvalue weighted by molar-refractivity contribution is 6.05. The predicted octanol–water partition coefficient (Wildman–Crippen LogP) is 2.88. The summed E-state index contributed by atoms with van der Waals surface area (Å²) < 4.78 is 5.21. The highest BCUT2D eigenvalue weighted by atomic mass is 16.3. The van der Waals surface area contributed by atoms with Crippen molar-refractivity contribution >= 4 is 17.9 Å². The Morgan fingerprint density at radius 3 is 2.39 bits per heavy atom. The molecule has 1 aromatic heterocycles. The third-order valence-corrected chi connectivity index (χ3v) is 3.06. The number of hydrogen-bond acceptors (Lipinski definition) is 3. The van der Waals surface area contributed by atoms with E-state index in [1.807, 2.05) is 32.9 Å². The fourth-order valence-corrected chi connectivity index (χ4v) is 1.91.